The number of aromatic amines is 1. The fourth-order valence-corrected chi connectivity index (χ4v) is 2.74. The Kier molecular flexibility index (Phi) is 3.51. The average Bonchev–Trinajstić information content (AvgIpc) is 2.75. The Balaban J connectivity index is 1.68. The first kappa shape index (κ1) is 12.2. The molecule has 2 heterocycles. The molecule has 4 heteroatoms. The molecule has 0 saturated heterocycles. The molecule has 0 atom stereocenters. The number of aromatic nitrogens is 2. The van der Waals surface area contributed by atoms with Crippen molar-refractivity contribution < 1.29 is 0 Å². The van der Waals surface area contributed by atoms with Crippen LogP contribution in [0.3, 0.4) is 0 Å². The van der Waals surface area contributed by atoms with Crippen LogP contribution in [0.4, 0.5) is 5.82 Å². The molecule has 0 unspecified atom stereocenters. The zero-order chi connectivity index (χ0) is 13.1. The predicted octanol–water partition coefficient (Wildman–Crippen LogP) is 2.05. The lowest BCUT2D eigenvalue weighted by atomic mass is 10.1. The van der Waals surface area contributed by atoms with Gasteiger partial charge in [0.15, 0.2) is 5.82 Å². The summed E-state index contributed by atoms with van der Waals surface area (Å²) in [5.74, 6) is 1.01. The van der Waals surface area contributed by atoms with Gasteiger partial charge in [-0.25, -0.2) is 0 Å². The van der Waals surface area contributed by atoms with Crippen LogP contribution in [-0.4, -0.2) is 35.2 Å². The van der Waals surface area contributed by atoms with Gasteiger partial charge in [0.25, 0.3) is 0 Å². The highest BCUT2D eigenvalue weighted by Crippen LogP contribution is 2.21. The molecule has 2 N–H and O–H groups in total. The second-order valence-corrected chi connectivity index (χ2v) is 5.04. The van der Waals surface area contributed by atoms with Gasteiger partial charge in [0.1, 0.15) is 0 Å². The molecule has 1 aromatic heterocycles. The Bertz CT molecular complexity index is 532. The molecule has 3 rings (SSSR count). The van der Waals surface area contributed by atoms with Crippen LogP contribution in [0.25, 0.3) is 0 Å². The molecule has 0 radical (unpaired) electrons. The van der Waals surface area contributed by atoms with Crippen LogP contribution >= 0.6 is 0 Å². The van der Waals surface area contributed by atoms with Gasteiger partial charge in [0.05, 0.1) is 0 Å². The molecular formula is C15H20N4. The number of benzene rings is 1. The highest BCUT2D eigenvalue weighted by molar-refractivity contribution is 5.46. The van der Waals surface area contributed by atoms with Gasteiger partial charge in [-0.15, -0.1) is 0 Å². The summed E-state index contributed by atoms with van der Waals surface area (Å²) >= 11 is 0. The Morgan fingerprint density at radius 3 is 2.79 bits per heavy atom. The molecule has 0 saturated carbocycles. The van der Waals surface area contributed by atoms with E-state index >= 15 is 0 Å². The summed E-state index contributed by atoms with van der Waals surface area (Å²) in [6.45, 7) is 3.22. The van der Waals surface area contributed by atoms with Crippen LogP contribution in [0, 0.1) is 0 Å². The van der Waals surface area contributed by atoms with E-state index in [1.807, 2.05) is 7.05 Å². The van der Waals surface area contributed by atoms with E-state index in [2.05, 4.69) is 50.7 Å². The second-order valence-electron chi connectivity index (χ2n) is 5.04. The lowest BCUT2D eigenvalue weighted by Crippen LogP contribution is -2.26. The van der Waals surface area contributed by atoms with E-state index in [0.717, 1.165) is 38.3 Å². The number of nitrogens with one attached hydrogen (secondary N) is 2. The molecule has 19 heavy (non-hydrogen) atoms. The third-order valence-corrected chi connectivity index (χ3v) is 3.79. The number of H-pyrrole nitrogens is 1. The molecule has 0 amide bonds. The van der Waals surface area contributed by atoms with Crippen molar-refractivity contribution in [2.24, 2.45) is 0 Å². The van der Waals surface area contributed by atoms with Gasteiger partial charge < -0.3 is 5.32 Å². The molecule has 1 aliphatic rings. The van der Waals surface area contributed by atoms with E-state index < -0.39 is 0 Å². The Morgan fingerprint density at radius 2 is 2.00 bits per heavy atom. The van der Waals surface area contributed by atoms with E-state index in [4.69, 9.17) is 0 Å². The highest BCUT2D eigenvalue weighted by Gasteiger charge is 2.18. The molecule has 0 fully saturated rings. The van der Waals surface area contributed by atoms with Crippen molar-refractivity contribution in [2.45, 2.75) is 19.4 Å². The zero-order valence-electron chi connectivity index (χ0n) is 11.3. The number of fused-ring (bicyclic) bond motifs is 1. The van der Waals surface area contributed by atoms with E-state index in [0.29, 0.717) is 0 Å². The van der Waals surface area contributed by atoms with Crippen LogP contribution in [0.15, 0.2) is 30.3 Å². The van der Waals surface area contributed by atoms with Crippen molar-refractivity contribution in [3.63, 3.8) is 0 Å². The summed E-state index contributed by atoms with van der Waals surface area (Å²) in [7, 11) is 1.93. The smallest absolute Gasteiger partial charge is 0.151 e. The van der Waals surface area contributed by atoms with Gasteiger partial charge in [0.2, 0.25) is 0 Å². The Labute approximate surface area is 113 Å². The summed E-state index contributed by atoms with van der Waals surface area (Å²) in [5, 5.41) is 10.6. The van der Waals surface area contributed by atoms with E-state index in [-0.39, 0.29) is 0 Å². The van der Waals surface area contributed by atoms with E-state index in [1.165, 1.54) is 16.8 Å². The first-order valence-electron chi connectivity index (χ1n) is 6.87. The number of hydrogen-bond donors (Lipinski definition) is 2. The number of hydrogen-bond acceptors (Lipinski definition) is 3. The number of anilines is 1. The standard InChI is InChI=1S/C15H20N4/c1-16-15-13-7-9-19(10-8-14(13)17-18-15)11-12-5-3-2-4-6-12/h2-6H,7-11H2,1H3,(H2,16,17,18). The molecular weight excluding hydrogens is 236 g/mol. The second kappa shape index (κ2) is 5.45. The first-order valence-corrected chi connectivity index (χ1v) is 6.87. The molecule has 100 valence electrons. The van der Waals surface area contributed by atoms with Crippen LogP contribution < -0.4 is 5.32 Å². The minimum absolute atomic E-state index is 1.01. The molecule has 0 bridgehead atoms. The Morgan fingerprint density at radius 1 is 1.21 bits per heavy atom. The quantitative estimate of drug-likeness (QED) is 0.883. The van der Waals surface area contributed by atoms with Gasteiger partial charge in [-0.2, -0.15) is 5.10 Å². The van der Waals surface area contributed by atoms with Crippen molar-refractivity contribution in [3.8, 4) is 0 Å². The van der Waals surface area contributed by atoms with Crippen molar-refractivity contribution >= 4 is 5.82 Å². The number of nitrogens with zero attached hydrogens (tertiary/aromatic N) is 2. The lowest BCUT2D eigenvalue weighted by Gasteiger charge is -2.19. The van der Waals surface area contributed by atoms with Crippen LogP contribution in [-0.2, 0) is 19.4 Å². The van der Waals surface area contributed by atoms with Crippen molar-refractivity contribution in [1.82, 2.24) is 15.1 Å². The topological polar surface area (TPSA) is 44.0 Å². The van der Waals surface area contributed by atoms with Gasteiger partial charge >= 0.3 is 0 Å². The Hall–Kier alpha value is -1.81. The largest absolute Gasteiger partial charge is 0.371 e. The first-order chi connectivity index (χ1) is 9.36. The maximum absolute atomic E-state index is 4.31. The van der Waals surface area contributed by atoms with Crippen molar-refractivity contribution in [3.05, 3.63) is 47.2 Å². The molecule has 1 aliphatic heterocycles. The maximum atomic E-state index is 4.31. The third-order valence-electron chi connectivity index (χ3n) is 3.79. The monoisotopic (exact) mass is 256 g/mol. The number of rotatable bonds is 3. The van der Waals surface area contributed by atoms with E-state index in [1.54, 1.807) is 0 Å². The molecule has 1 aromatic carbocycles. The fourth-order valence-electron chi connectivity index (χ4n) is 2.74. The molecule has 0 spiro atoms. The molecule has 0 aliphatic carbocycles. The molecule has 4 nitrogen and oxygen atoms in total. The highest BCUT2D eigenvalue weighted by atomic mass is 15.2. The van der Waals surface area contributed by atoms with Crippen LogP contribution in [0.5, 0.6) is 0 Å². The zero-order valence-corrected chi connectivity index (χ0v) is 11.3. The predicted molar refractivity (Wildman–Crippen MR) is 77.3 cm³/mol. The van der Waals surface area contributed by atoms with Crippen molar-refractivity contribution in [2.75, 3.05) is 25.5 Å². The summed E-state index contributed by atoms with van der Waals surface area (Å²) in [5.41, 5.74) is 4.04. The van der Waals surface area contributed by atoms with Gasteiger partial charge in [-0.1, -0.05) is 30.3 Å². The van der Waals surface area contributed by atoms with Gasteiger partial charge in [-0.3, -0.25) is 10.00 Å². The minimum atomic E-state index is 1.01. The van der Waals surface area contributed by atoms with Gasteiger partial charge in [0, 0.05) is 44.4 Å². The van der Waals surface area contributed by atoms with Crippen LogP contribution in [0.2, 0.25) is 0 Å². The van der Waals surface area contributed by atoms with Gasteiger partial charge in [-0.05, 0) is 12.0 Å². The SMILES string of the molecule is CNc1n[nH]c2c1CCN(Cc1ccccc1)CC2. The van der Waals surface area contributed by atoms with Crippen molar-refractivity contribution in [1.29, 1.82) is 0 Å². The minimum Gasteiger partial charge on any atom is -0.371 e. The summed E-state index contributed by atoms with van der Waals surface area (Å²) in [6, 6.07) is 10.7. The lowest BCUT2D eigenvalue weighted by molar-refractivity contribution is 0.278. The summed E-state index contributed by atoms with van der Waals surface area (Å²) < 4.78 is 0. The fraction of sp³-hybridized carbons (Fsp3) is 0.400. The summed E-state index contributed by atoms with van der Waals surface area (Å²) in [4.78, 5) is 2.52. The molecule has 2 aromatic rings. The maximum Gasteiger partial charge on any atom is 0.151 e. The summed E-state index contributed by atoms with van der Waals surface area (Å²) in [6.07, 6.45) is 2.12. The van der Waals surface area contributed by atoms with E-state index in [9.17, 15) is 0 Å². The average molecular weight is 256 g/mol. The normalized spacial score (nSPS) is 15.8. The van der Waals surface area contributed by atoms with Crippen LogP contribution in [0.1, 0.15) is 16.8 Å². The third kappa shape index (κ3) is 2.63.